The molecule has 0 aliphatic heterocycles. The summed E-state index contributed by atoms with van der Waals surface area (Å²) in [4.78, 5) is 18.0. The standard InChI is InChI=1S/C14H17ClIN3O/c1-18(2)14(20)6-8-19-12-4-3-10(16)9-11(12)17-13(19)5-7-15/h3-4,9H,5-8H2,1-2H3. The molecular formula is C14H17ClIN3O. The van der Waals surface area contributed by atoms with E-state index in [1.165, 1.54) is 0 Å². The van der Waals surface area contributed by atoms with Gasteiger partial charge < -0.3 is 9.47 Å². The van der Waals surface area contributed by atoms with Crippen LogP contribution in [0, 0.1) is 3.57 Å². The number of benzene rings is 1. The molecule has 0 spiro atoms. The molecule has 0 atom stereocenters. The number of imidazole rings is 1. The van der Waals surface area contributed by atoms with Gasteiger partial charge in [0.2, 0.25) is 5.91 Å². The number of halogens is 2. The fourth-order valence-corrected chi connectivity index (χ4v) is 2.75. The molecular weight excluding hydrogens is 389 g/mol. The summed E-state index contributed by atoms with van der Waals surface area (Å²) in [6.07, 6.45) is 1.18. The van der Waals surface area contributed by atoms with Crippen LogP contribution in [-0.4, -0.2) is 40.3 Å². The minimum absolute atomic E-state index is 0.120. The number of rotatable bonds is 5. The molecule has 2 rings (SSSR count). The van der Waals surface area contributed by atoms with Crippen LogP contribution in [-0.2, 0) is 17.8 Å². The van der Waals surface area contributed by atoms with Gasteiger partial charge in [-0.2, -0.15) is 0 Å². The van der Waals surface area contributed by atoms with Gasteiger partial charge in [0.05, 0.1) is 11.0 Å². The Kier molecular flexibility index (Phi) is 5.26. The van der Waals surface area contributed by atoms with Gasteiger partial charge in [-0.05, 0) is 40.8 Å². The van der Waals surface area contributed by atoms with Crippen LogP contribution in [0.3, 0.4) is 0 Å². The summed E-state index contributed by atoms with van der Waals surface area (Å²) in [5, 5.41) is 0. The Hall–Kier alpha value is -0.820. The molecule has 20 heavy (non-hydrogen) atoms. The lowest BCUT2D eigenvalue weighted by molar-refractivity contribution is -0.128. The van der Waals surface area contributed by atoms with E-state index in [0.717, 1.165) is 20.4 Å². The molecule has 0 aliphatic rings. The zero-order chi connectivity index (χ0) is 14.7. The third-order valence-electron chi connectivity index (χ3n) is 3.16. The number of alkyl halides is 1. The number of aromatic nitrogens is 2. The SMILES string of the molecule is CN(C)C(=O)CCn1c(CCCl)nc2cc(I)ccc21. The van der Waals surface area contributed by atoms with E-state index >= 15 is 0 Å². The lowest BCUT2D eigenvalue weighted by Gasteiger charge is -2.12. The molecule has 1 amide bonds. The lowest BCUT2D eigenvalue weighted by Crippen LogP contribution is -2.23. The number of hydrogen-bond acceptors (Lipinski definition) is 2. The van der Waals surface area contributed by atoms with Gasteiger partial charge >= 0.3 is 0 Å². The predicted molar refractivity (Wildman–Crippen MR) is 90.2 cm³/mol. The van der Waals surface area contributed by atoms with Crippen molar-refractivity contribution in [3.05, 3.63) is 27.6 Å². The third-order valence-corrected chi connectivity index (χ3v) is 4.02. The zero-order valence-corrected chi connectivity index (χ0v) is 14.5. The second-order valence-corrected chi connectivity index (χ2v) is 6.41. The van der Waals surface area contributed by atoms with Crippen molar-refractivity contribution in [3.8, 4) is 0 Å². The first kappa shape index (κ1) is 15.6. The van der Waals surface area contributed by atoms with E-state index in [1.807, 2.05) is 0 Å². The zero-order valence-electron chi connectivity index (χ0n) is 11.6. The largest absolute Gasteiger partial charge is 0.349 e. The van der Waals surface area contributed by atoms with Crippen molar-refractivity contribution >= 4 is 51.1 Å². The Bertz CT molecular complexity index is 624. The molecule has 0 bridgehead atoms. The molecule has 0 saturated heterocycles. The summed E-state index contributed by atoms with van der Waals surface area (Å²) in [5.74, 6) is 1.60. The van der Waals surface area contributed by atoms with E-state index in [1.54, 1.807) is 19.0 Å². The number of aryl methyl sites for hydroxylation is 2. The van der Waals surface area contributed by atoms with E-state index in [0.29, 0.717) is 25.3 Å². The average molecular weight is 406 g/mol. The van der Waals surface area contributed by atoms with Crippen LogP contribution in [0.2, 0.25) is 0 Å². The number of carbonyl (C=O) groups excluding carboxylic acids is 1. The molecule has 108 valence electrons. The molecule has 2 aromatic rings. The second-order valence-electron chi connectivity index (χ2n) is 4.79. The van der Waals surface area contributed by atoms with Crippen LogP contribution in [0.25, 0.3) is 11.0 Å². The highest BCUT2D eigenvalue weighted by Gasteiger charge is 2.12. The van der Waals surface area contributed by atoms with E-state index in [-0.39, 0.29) is 5.91 Å². The smallest absolute Gasteiger partial charge is 0.223 e. The second kappa shape index (κ2) is 6.76. The quantitative estimate of drug-likeness (QED) is 0.567. The van der Waals surface area contributed by atoms with Gasteiger partial charge in [0.25, 0.3) is 0 Å². The van der Waals surface area contributed by atoms with Crippen molar-refractivity contribution < 1.29 is 4.79 Å². The minimum atomic E-state index is 0.120. The van der Waals surface area contributed by atoms with Crippen molar-refractivity contribution in [2.45, 2.75) is 19.4 Å². The van der Waals surface area contributed by atoms with Crippen molar-refractivity contribution in [1.82, 2.24) is 14.5 Å². The first-order valence-electron chi connectivity index (χ1n) is 6.43. The molecule has 0 aliphatic carbocycles. The molecule has 6 heteroatoms. The summed E-state index contributed by atoms with van der Waals surface area (Å²) in [6.45, 7) is 0.639. The van der Waals surface area contributed by atoms with Gasteiger partial charge in [-0.25, -0.2) is 4.98 Å². The van der Waals surface area contributed by atoms with Crippen molar-refractivity contribution in [2.75, 3.05) is 20.0 Å². The monoisotopic (exact) mass is 405 g/mol. The highest BCUT2D eigenvalue weighted by Crippen LogP contribution is 2.20. The lowest BCUT2D eigenvalue weighted by atomic mass is 10.3. The highest BCUT2D eigenvalue weighted by atomic mass is 127. The molecule has 0 unspecified atom stereocenters. The maximum atomic E-state index is 11.8. The normalized spacial score (nSPS) is 11.0. The van der Waals surface area contributed by atoms with Gasteiger partial charge in [0.15, 0.2) is 0 Å². The van der Waals surface area contributed by atoms with Gasteiger partial charge in [-0.1, -0.05) is 0 Å². The highest BCUT2D eigenvalue weighted by molar-refractivity contribution is 14.1. The minimum Gasteiger partial charge on any atom is -0.349 e. The number of nitrogens with zero attached hydrogens (tertiary/aromatic N) is 3. The summed E-state index contributed by atoms with van der Waals surface area (Å²) in [6, 6.07) is 6.17. The number of amides is 1. The summed E-state index contributed by atoms with van der Waals surface area (Å²) >= 11 is 8.12. The predicted octanol–water partition coefficient (Wildman–Crippen LogP) is 2.90. The Morgan fingerprint density at radius 2 is 2.20 bits per heavy atom. The molecule has 4 nitrogen and oxygen atoms in total. The van der Waals surface area contributed by atoms with E-state index < -0.39 is 0 Å². The van der Waals surface area contributed by atoms with Crippen LogP contribution < -0.4 is 0 Å². The fourth-order valence-electron chi connectivity index (χ4n) is 2.11. The molecule has 1 aromatic heterocycles. The number of hydrogen-bond donors (Lipinski definition) is 0. The molecule has 0 radical (unpaired) electrons. The maximum Gasteiger partial charge on any atom is 0.223 e. The topological polar surface area (TPSA) is 38.1 Å². The Balaban J connectivity index is 2.33. The molecule has 1 heterocycles. The summed E-state index contributed by atoms with van der Waals surface area (Å²) < 4.78 is 3.26. The van der Waals surface area contributed by atoms with Gasteiger partial charge in [0.1, 0.15) is 5.82 Å². The van der Waals surface area contributed by atoms with E-state index in [2.05, 4.69) is 50.3 Å². The van der Waals surface area contributed by atoms with Crippen molar-refractivity contribution in [1.29, 1.82) is 0 Å². The Morgan fingerprint density at radius 3 is 2.85 bits per heavy atom. The Labute approximate surface area is 137 Å². The van der Waals surface area contributed by atoms with Crippen LogP contribution in [0.5, 0.6) is 0 Å². The maximum absolute atomic E-state index is 11.8. The third kappa shape index (κ3) is 3.44. The van der Waals surface area contributed by atoms with Crippen LogP contribution in [0.4, 0.5) is 0 Å². The van der Waals surface area contributed by atoms with Crippen molar-refractivity contribution in [3.63, 3.8) is 0 Å². The molecule has 0 fully saturated rings. The number of fused-ring (bicyclic) bond motifs is 1. The fraction of sp³-hybridized carbons (Fsp3) is 0.429. The van der Waals surface area contributed by atoms with Crippen LogP contribution in [0.15, 0.2) is 18.2 Å². The van der Waals surface area contributed by atoms with Crippen LogP contribution >= 0.6 is 34.2 Å². The van der Waals surface area contributed by atoms with E-state index in [9.17, 15) is 4.79 Å². The van der Waals surface area contributed by atoms with Gasteiger partial charge in [-0.15, -0.1) is 11.6 Å². The van der Waals surface area contributed by atoms with Crippen LogP contribution in [0.1, 0.15) is 12.2 Å². The average Bonchev–Trinajstić information content (AvgIpc) is 2.72. The summed E-state index contributed by atoms with van der Waals surface area (Å²) in [5.41, 5.74) is 2.03. The Morgan fingerprint density at radius 1 is 1.45 bits per heavy atom. The summed E-state index contributed by atoms with van der Waals surface area (Å²) in [7, 11) is 3.55. The number of carbonyl (C=O) groups is 1. The van der Waals surface area contributed by atoms with Crippen molar-refractivity contribution in [2.24, 2.45) is 0 Å². The first-order valence-corrected chi connectivity index (χ1v) is 8.05. The molecule has 0 N–H and O–H groups in total. The van der Waals surface area contributed by atoms with Gasteiger partial charge in [-0.3, -0.25) is 4.79 Å². The van der Waals surface area contributed by atoms with Gasteiger partial charge in [0, 0.05) is 42.9 Å². The first-order chi connectivity index (χ1) is 9.52. The molecule has 1 aromatic carbocycles. The molecule has 0 saturated carbocycles. The van der Waals surface area contributed by atoms with E-state index in [4.69, 9.17) is 11.6 Å².